The monoisotopic (exact) mass is 487 g/mol. The van der Waals surface area contributed by atoms with Crippen LogP contribution in [0.5, 0.6) is 17.6 Å². The number of hydrogen-bond donors (Lipinski definition) is 1. The van der Waals surface area contributed by atoms with E-state index in [1.807, 2.05) is 19.9 Å². The number of fused-ring (bicyclic) bond motifs is 2. The van der Waals surface area contributed by atoms with Gasteiger partial charge in [0.05, 0.1) is 25.0 Å². The van der Waals surface area contributed by atoms with Crippen LogP contribution >= 0.6 is 11.6 Å². The van der Waals surface area contributed by atoms with Crippen molar-refractivity contribution in [3.05, 3.63) is 41.3 Å². The van der Waals surface area contributed by atoms with Crippen LogP contribution < -0.4 is 19.7 Å². The SMILES string of the molecule is COc1cc(N2C[C@H]3CC[C@@H](C2)[C@H]3Nc2nc(Oc3cc(F)cc(Cl)c3)n(C(C)C)n2)cnn1. The van der Waals surface area contributed by atoms with E-state index in [1.54, 1.807) is 24.1 Å². The molecular formula is C23H27ClFN7O2. The van der Waals surface area contributed by atoms with Gasteiger partial charge in [0.2, 0.25) is 11.8 Å². The number of halogens is 2. The zero-order valence-corrected chi connectivity index (χ0v) is 20.0. The van der Waals surface area contributed by atoms with Gasteiger partial charge in [0.15, 0.2) is 0 Å². The Hall–Kier alpha value is -3.14. The lowest BCUT2D eigenvalue weighted by atomic mass is 9.92. The molecule has 180 valence electrons. The van der Waals surface area contributed by atoms with Gasteiger partial charge >= 0.3 is 6.01 Å². The standard InChI is InChI=1S/C23H27ClFN7O2/c1-13(2)32-23(34-19-7-16(24)6-17(25)8-19)28-22(30-32)27-21-14-4-5-15(21)12-31(11-14)18-9-20(33-3)29-26-10-18/h6-10,13-15,21H,4-5,11-12H2,1-3H3,(H,27,30)/t14-,15+,21+. The van der Waals surface area contributed by atoms with E-state index in [0.717, 1.165) is 31.6 Å². The van der Waals surface area contributed by atoms with E-state index in [0.29, 0.717) is 29.7 Å². The average Bonchev–Trinajstić information content (AvgIpc) is 3.29. The van der Waals surface area contributed by atoms with E-state index in [-0.39, 0.29) is 22.9 Å². The van der Waals surface area contributed by atoms with Crippen molar-refractivity contribution in [2.75, 3.05) is 30.4 Å². The largest absolute Gasteiger partial charge is 0.480 e. The Morgan fingerprint density at radius 3 is 2.59 bits per heavy atom. The van der Waals surface area contributed by atoms with Crippen molar-refractivity contribution in [1.29, 1.82) is 0 Å². The van der Waals surface area contributed by atoms with Crippen LogP contribution in [0, 0.1) is 17.7 Å². The average molecular weight is 488 g/mol. The molecule has 5 rings (SSSR count). The van der Waals surface area contributed by atoms with Crippen LogP contribution in [0.3, 0.4) is 0 Å². The van der Waals surface area contributed by atoms with Gasteiger partial charge in [-0.2, -0.15) is 10.1 Å². The van der Waals surface area contributed by atoms with Crippen LogP contribution in [0.2, 0.25) is 5.02 Å². The van der Waals surface area contributed by atoms with Crippen LogP contribution in [-0.4, -0.2) is 51.2 Å². The van der Waals surface area contributed by atoms with Gasteiger partial charge in [-0.3, -0.25) is 0 Å². The molecular weight excluding hydrogens is 461 g/mol. The quantitative estimate of drug-likeness (QED) is 0.518. The summed E-state index contributed by atoms with van der Waals surface area (Å²) in [5.41, 5.74) is 1.02. The number of nitrogens with one attached hydrogen (secondary N) is 1. The smallest absolute Gasteiger partial charge is 0.322 e. The maximum absolute atomic E-state index is 13.8. The number of ether oxygens (including phenoxy) is 2. The summed E-state index contributed by atoms with van der Waals surface area (Å²) < 4.78 is 26.5. The first kappa shape index (κ1) is 22.6. The molecule has 2 aromatic heterocycles. The molecule has 1 N–H and O–H groups in total. The third-order valence-electron chi connectivity index (χ3n) is 6.46. The van der Waals surface area contributed by atoms with Crippen molar-refractivity contribution in [2.45, 2.75) is 38.8 Å². The number of rotatable bonds is 7. The molecule has 2 bridgehead atoms. The zero-order valence-electron chi connectivity index (χ0n) is 19.3. The van der Waals surface area contributed by atoms with Crippen molar-refractivity contribution >= 4 is 23.2 Å². The highest BCUT2D eigenvalue weighted by Crippen LogP contribution is 2.40. The van der Waals surface area contributed by atoms with E-state index in [4.69, 9.17) is 21.1 Å². The fourth-order valence-electron chi connectivity index (χ4n) is 4.90. The molecule has 0 spiro atoms. The second kappa shape index (κ2) is 9.25. The lowest BCUT2D eigenvalue weighted by molar-refractivity contribution is 0.371. The summed E-state index contributed by atoms with van der Waals surface area (Å²) in [6.45, 7) is 5.78. The highest BCUT2D eigenvalue weighted by Gasteiger charge is 2.43. The van der Waals surface area contributed by atoms with E-state index in [2.05, 4.69) is 30.5 Å². The van der Waals surface area contributed by atoms with Gasteiger partial charge in [0, 0.05) is 36.3 Å². The van der Waals surface area contributed by atoms with Crippen molar-refractivity contribution in [2.24, 2.45) is 11.8 Å². The molecule has 0 amide bonds. The number of benzene rings is 1. The minimum Gasteiger partial charge on any atom is -0.480 e. The van der Waals surface area contributed by atoms with Gasteiger partial charge in [-0.05, 0) is 50.7 Å². The minimum atomic E-state index is -0.471. The van der Waals surface area contributed by atoms with Gasteiger partial charge in [-0.15, -0.1) is 10.2 Å². The number of anilines is 2. The zero-order chi connectivity index (χ0) is 23.8. The Bertz CT molecular complexity index is 1140. The number of piperidine rings is 1. The Balaban J connectivity index is 1.32. The van der Waals surface area contributed by atoms with Crippen molar-refractivity contribution < 1.29 is 13.9 Å². The van der Waals surface area contributed by atoms with Gasteiger partial charge in [-0.1, -0.05) is 11.6 Å². The summed E-state index contributed by atoms with van der Waals surface area (Å²) in [5.74, 6) is 1.71. The third-order valence-corrected chi connectivity index (χ3v) is 6.67. The van der Waals surface area contributed by atoms with E-state index < -0.39 is 5.82 Å². The fourth-order valence-corrected chi connectivity index (χ4v) is 5.11. The van der Waals surface area contributed by atoms with Gasteiger partial charge in [0.1, 0.15) is 11.6 Å². The summed E-state index contributed by atoms with van der Waals surface area (Å²) >= 11 is 5.97. The lowest BCUT2D eigenvalue weighted by Crippen LogP contribution is -2.48. The van der Waals surface area contributed by atoms with E-state index in [1.165, 1.54) is 12.1 Å². The summed E-state index contributed by atoms with van der Waals surface area (Å²) in [7, 11) is 1.60. The maximum Gasteiger partial charge on any atom is 0.322 e. The molecule has 1 aliphatic carbocycles. The molecule has 2 fully saturated rings. The van der Waals surface area contributed by atoms with E-state index in [9.17, 15) is 4.39 Å². The Morgan fingerprint density at radius 1 is 1.15 bits per heavy atom. The van der Waals surface area contributed by atoms with Gasteiger partial charge in [-0.25, -0.2) is 9.07 Å². The lowest BCUT2D eigenvalue weighted by Gasteiger charge is -2.39. The summed E-state index contributed by atoms with van der Waals surface area (Å²) in [5, 5.41) is 16.5. The second-order valence-corrected chi connectivity index (χ2v) is 9.53. The summed E-state index contributed by atoms with van der Waals surface area (Å²) in [4.78, 5) is 6.93. The molecule has 1 aromatic carbocycles. The predicted molar refractivity (Wildman–Crippen MR) is 126 cm³/mol. The van der Waals surface area contributed by atoms with Gasteiger partial charge < -0.3 is 19.7 Å². The molecule has 11 heteroatoms. The van der Waals surface area contributed by atoms with Gasteiger partial charge in [0.25, 0.3) is 0 Å². The molecule has 9 nitrogen and oxygen atoms in total. The minimum absolute atomic E-state index is 0.00909. The van der Waals surface area contributed by atoms with Crippen molar-refractivity contribution in [3.8, 4) is 17.6 Å². The number of hydrogen-bond acceptors (Lipinski definition) is 8. The molecule has 1 saturated heterocycles. The third kappa shape index (κ3) is 4.59. The number of aromatic nitrogens is 5. The van der Waals surface area contributed by atoms with Crippen molar-refractivity contribution in [3.63, 3.8) is 0 Å². The molecule has 3 aromatic rings. The normalized spacial score (nSPS) is 21.7. The molecule has 1 aliphatic heterocycles. The first-order valence-corrected chi connectivity index (χ1v) is 11.8. The number of nitrogens with zero attached hydrogens (tertiary/aromatic N) is 6. The summed E-state index contributed by atoms with van der Waals surface area (Å²) in [6.07, 6.45) is 4.04. The van der Waals surface area contributed by atoms with E-state index >= 15 is 0 Å². The van der Waals surface area contributed by atoms with Crippen LogP contribution in [-0.2, 0) is 0 Å². The molecule has 34 heavy (non-hydrogen) atoms. The highest BCUT2D eigenvalue weighted by molar-refractivity contribution is 6.30. The Kier molecular flexibility index (Phi) is 6.16. The molecule has 2 aliphatic rings. The van der Waals surface area contributed by atoms with Crippen LogP contribution in [0.25, 0.3) is 0 Å². The molecule has 3 heterocycles. The predicted octanol–water partition coefficient (Wildman–Crippen LogP) is 4.57. The first-order chi connectivity index (χ1) is 16.4. The molecule has 0 unspecified atom stereocenters. The topological polar surface area (TPSA) is 90.2 Å². The maximum atomic E-state index is 13.8. The highest BCUT2D eigenvalue weighted by atomic mass is 35.5. The molecule has 1 saturated carbocycles. The summed E-state index contributed by atoms with van der Waals surface area (Å²) in [6, 6.07) is 6.54. The Labute approximate surface area is 202 Å². The second-order valence-electron chi connectivity index (χ2n) is 9.09. The van der Waals surface area contributed by atoms with Crippen LogP contribution in [0.4, 0.5) is 16.0 Å². The van der Waals surface area contributed by atoms with Crippen LogP contribution in [0.15, 0.2) is 30.5 Å². The van der Waals surface area contributed by atoms with Crippen LogP contribution in [0.1, 0.15) is 32.7 Å². The first-order valence-electron chi connectivity index (χ1n) is 11.4. The Morgan fingerprint density at radius 2 is 1.91 bits per heavy atom. The molecule has 3 atom stereocenters. The number of methoxy groups -OCH3 is 1. The van der Waals surface area contributed by atoms with Crippen molar-refractivity contribution in [1.82, 2.24) is 25.0 Å². The fraction of sp³-hybridized carbons (Fsp3) is 0.478. The molecule has 0 radical (unpaired) electrons.